The first-order valence-corrected chi connectivity index (χ1v) is 10.5. The van der Waals surface area contributed by atoms with Crippen molar-refractivity contribution in [2.75, 3.05) is 0 Å². The number of halogens is 1. The van der Waals surface area contributed by atoms with E-state index < -0.39 is 0 Å². The minimum absolute atomic E-state index is 0.343. The molecule has 3 aromatic rings. The van der Waals surface area contributed by atoms with Gasteiger partial charge in [-0.25, -0.2) is 4.39 Å². The maximum Gasteiger partial charge on any atom is 0.142 e. The Kier molecular flexibility index (Phi) is 6.93. The number of nitrogens with zero attached hydrogens (tertiary/aromatic N) is 1. The van der Waals surface area contributed by atoms with Crippen LogP contribution in [0.4, 0.5) is 4.39 Å². The van der Waals surface area contributed by atoms with Crippen LogP contribution in [0, 0.1) is 12.7 Å². The van der Waals surface area contributed by atoms with Crippen molar-refractivity contribution >= 4 is 11.3 Å². The third kappa shape index (κ3) is 4.56. The van der Waals surface area contributed by atoms with Crippen molar-refractivity contribution in [3.63, 3.8) is 0 Å². The van der Waals surface area contributed by atoms with E-state index in [2.05, 4.69) is 42.5 Å². The molecule has 3 rings (SSSR count). The molecule has 0 bridgehead atoms. The lowest BCUT2D eigenvalue weighted by Gasteiger charge is -2.19. The molecule has 30 heavy (non-hydrogen) atoms. The zero-order valence-corrected chi connectivity index (χ0v) is 18.0. The van der Waals surface area contributed by atoms with E-state index in [1.165, 1.54) is 6.07 Å². The molecular formula is C25H30FN3O. The van der Waals surface area contributed by atoms with Gasteiger partial charge >= 0.3 is 0 Å². The number of benzene rings is 1. The third-order valence-electron chi connectivity index (χ3n) is 5.30. The number of hydrogen-bond acceptors (Lipinski definition) is 3. The quantitative estimate of drug-likeness (QED) is 0.393. The van der Waals surface area contributed by atoms with Gasteiger partial charge in [-0.1, -0.05) is 57.1 Å². The Morgan fingerprint density at radius 3 is 2.57 bits per heavy atom. The van der Waals surface area contributed by atoms with Gasteiger partial charge in [-0.15, -0.1) is 0 Å². The van der Waals surface area contributed by atoms with Gasteiger partial charge in [0.1, 0.15) is 17.3 Å². The molecule has 0 spiro atoms. The topological polar surface area (TPSA) is 53.9 Å². The summed E-state index contributed by atoms with van der Waals surface area (Å²) in [5, 5.41) is 7.64. The van der Waals surface area contributed by atoms with Crippen molar-refractivity contribution in [1.29, 1.82) is 0 Å². The summed E-state index contributed by atoms with van der Waals surface area (Å²) in [6.45, 7) is 14.6. The second kappa shape index (κ2) is 9.61. The summed E-state index contributed by atoms with van der Waals surface area (Å²) < 4.78 is 19.7. The Bertz CT molecular complexity index is 1020. The molecule has 1 aromatic carbocycles. The standard InChI is InChI=1S/C25H30FN3O/c1-6-10-20(11-7-2)28-17(4)23-14-19(15-27-23)16(3)24-18(5)30-29-25(24)21-12-8-9-13-22(21)26/h8-9,12-15,20,27-28H,3-4,6-7,10-11H2,1-2,5H3. The van der Waals surface area contributed by atoms with E-state index in [9.17, 15) is 4.39 Å². The molecule has 5 heteroatoms. The van der Waals surface area contributed by atoms with E-state index in [0.717, 1.165) is 48.2 Å². The van der Waals surface area contributed by atoms with Crippen LogP contribution in [0.5, 0.6) is 0 Å². The van der Waals surface area contributed by atoms with Crippen molar-refractivity contribution in [1.82, 2.24) is 15.5 Å². The van der Waals surface area contributed by atoms with E-state index >= 15 is 0 Å². The highest BCUT2D eigenvalue weighted by Crippen LogP contribution is 2.35. The van der Waals surface area contributed by atoms with Gasteiger partial charge in [-0.3, -0.25) is 0 Å². The monoisotopic (exact) mass is 407 g/mol. The maximum atomic E-state index is 14.4. The van der Waals surface area contributed by atoms with Gasteiger partial charge < -0.3 is 14.8 Å². The number of nitrogens with one attached hydrogen (secondary N) is 2. The fourth-order valence-electron chi connectivity index (χ4n) is 3.76. The van der Waals surface area contributed by atoms with E-state index in [0.29, 0.717) is 28.6 Å². The number of rotatable bonds is 10. The second-order valence-electron chi connectivity index (χ2n) is 7.62. The number of hydrogen-bond donors (Lipinski definition) is 2. The van der Waals surface area contributed by atoms with E-state index in [-0.39, 0.29) is 5.82 Å². The van der Waals surface area contributed by atoms with Crippen LogP contribution in [-0.4, -0.2) is 16.2 Å². The van der Waals surface area contributed by atoms with E-state index in [1.54, 1.807) is 18.2 Å². The van der Waals surface area contributed by atoms with Crippen molar-refractivity contribution in [2.45, 2.75) is 52.5 Å². The summed E-state index contributed by atoms with van der Waals surface area (Å²) in [5.41, 5.74) is 4.94. The SMILES string of the molecule is C=C(NC(CCC)CCC)c1cc(C(=C)c2c(-c3ccccc3F)noc2C)c[nH]1. The summed E-state index contributed by atoms with van der Waals surface area (Å²) in [7, 11) is 0. The first-order chi connectivity index (χ1) is 14.5. The molecule has 2 aromatic heterocycles. The molecule has 0 saturated heterocycles. The average Bonchev–Trinajstić information content (AvgIpc) is 3.36. The molecule has 0 aliphatic carbocycles. The van der Waals surface area contributed by atoms with Crippen LogP contribution in [-0.2, 0) is 0 Å². The fraction of sp³-hybridized carbons (Fsp3) is 0.320. The molecular weight excluding hydrogens is 377 g/mol. The molecule has 0 fully saturated rings. The Morgan fingerprint density at radius 1 is 1.20 bits per heavy atom. The van der Waals surface area contributed by atoms with Crippen molar-refractivity contribution in [2.24, 2.45) is 0 Å². The Labute approximate surface area is 177 Å². The minimum Gasteiger partial charge on any atom is -0.381 e. The smallest absolute Gasteiger partial charge is 0.142 e. The third-order valence-corrected chi connectivity index (χ3v) is 5.30. The predicted molar refractivity (Wildman–Crippen MR) is 121 cm³/mol. The van der Waals surface area contributed by atoms with Crippen LogP contribution in [0.15, 0.2) is 54.2 Å². The summed E-state index contributed by atoms with van der Waals surface area (Å²) in [6.07, 6.45) is 6.36. The molecule has 4 nitrogen and oxygen atoms in total. The van der Waals surface area contributed by atoms with E-state index in [1.807, 2.05) is 19.2 Å². The largest absolute Gasteiger partial charge is 0.381 e. The molecule has 158 valence electrons. The number of aromatic amines is 1. The normalized spacial score (nSPS) is 11.1. The maximum absolute atomic E-state index is 14.4. The van der Waals surface area contributed by atoms with E-state index in [4.69, 9.17) is 4.52 Å². The molecule has 0 aliphatic rings. The summed E-state index contributed by atoms with van der Waals surface area (Å²) in [5.74, 6) is 0.258. The van der Waals surface area contributed by atoms with Gasteiger partial charge in [-0.2, -0.15) is 0 Å². The van der Waals surface area contributed by atoms with Crippen LogP contribution in [0.25, 0.3) is 22.5 Å². The molecule has 0 atom stereocenters. The second-order valence-corrected chi connectivity index (χ2v) is 7.62. The van der Waals surface area contributed by atoms with Gasteiger partial charge in [0.25, 0.3) is 0 Å². The van der Waals surface area contributed by atoms with Crippen molar-refractivity contribution in [3.05, 3.63) is 78.1 Å². The highest BCUT2D eigenvalue weighted by Gasteiger charge is 2.21. The Balaban J connectivity index is 1.85. The molecule has 2 heterocycles. The summed E-state index contributed by atoms with van der Waals surface area (Å²) in [6, 6.07) is 8.96. The Hall–Kier alpha value is -3.08. The number of aryl methyl sites for hydroxylation is 1. The van der Waals surface area contributed by atoms with Crippen LogP contribution in [0.3, 0.4) is 0 Å². The lowest BCUT2D eigenvalue weighted by atomic mass is 9.96. The van der Waals surface area contributed by atoms with Gasteiger partial charge in [0.15, 0.2) is 0 Å². The van der Waals surface area contributed by atoms with Crippen molar-refractivity contribution in [3.8, 4) is 11.3 Å². The van der Waals surface area contributed by atoms with Crippen LogP contribution < -0.4 is 5.32 Å². The van der Waals surface area contributed by atoms with Crippen molar-refractivity contribution < 1.29 is 8.91 Å². The summed E-state index contributed by atoms with van der Waals surface area (Å²) >= 11 is 0. The molecule has 2 N–H and O–H groups in total. The zero-order valence-electron chi connectivity index (χ0n) is 18.0. The fourth-order valence-corrected chi connectivity index (χ4v) is 3.76. The van der Waals surface area contributed by atoms with Gasteiger partial charge in [0, 0.05) is 23.4 Å². The zero-order chi connectivity index (χ0) is 21.7. The molecule has 0 aliphatic heterocycles. The predicted octanol–water partition coefficient (Wildman–Crippen LogP) is 6.71. The molecule has 0 unspecified atom stereocenters. The first-order valence-electron chi connectivity index (χ1n) is 10.5. The highest BCUT2D eigenvalue weighted by atomic mass is 19.1. The molecule has 0 saturated carbocycles. The molecule has 0 amide bonds. The lowest BCUT2D eigenvalue weighted by Crippen LogP contribution is -2.27. The van der Waals surface area contributed by atoms with Crippen LogP contribution >= 0.6 is 0 Å². The summed E-state index contributed by atoms with van der Waals surface area (Å²) in [4.78, 5) is 3.28. The van der Waals surface area contributed by atoms with Gasteiger partial charge in [0.2, 0.25) is 0 Å². The Morgan fingerprint density at radius 2 is 1.90 bits per heavy atom. The molecule has 0 radical (unpaired) electrons. The average molecular weight is 408 g/mol. The number of aromatic nitrogens is 2. The van der Waals surface area contributed by atoms with Gasteiger partial charge in [-0.05, 0) is 43.5 Å². The van der Waals surface area contributed by atoms with Crippen LogP contribution in [0.1, 0.15) is 62.1 Å². The minimum atomic E-state index is -0.343. The number of H-pyrrole nitrogens is 1. The first kappa shape index (κ1) is 21.6. The van der Waals surface area contributed by atoms with Gasteiger partial charge in [0.05, 0.1) is 17.0 Å². The highest BCUT2D eigenvalue weighted by molar-refractivity contribution is 5.87. The van der Waals surface area contributed by atoms with Crippen LogP contribution in [0.2, 0.25) is 0 Å². The lowest BCUT2D eigenvalue weighted by molar-refractivity contribution is 0.399.